The van der Waals surface area contributed by atoms with Crippen molar-refractivity contribution >= 4 is 0 Å². The number of benzene rings is 1. The molecular formula is C17H23N3O. The van der Waals surface area contributed by atoms with Crippen LogP contribution >= 0.6 is 0 Å². The lowest BCUT2D eigenvalue weighted by atomic mass is 10.1. The fraction of sp³-hybridized carbons (Fsp3) is 0.412. The second kappa shape index (κ2) is 7.86. The summed E-state index contributed by atoms with van der Waals surface area (Å²) in [6.45, 7) is 7.63. The van der Waals surface area contributed by atoms with Crippen LogP contribution in [0.1, 0.15) is 43.8 Å². The van der Waals surface area contributed by atoms with Gasteiger partial charge in [0.1, 0.15) is 6.10 Å². The van der Waals surface area contributed by atoms with Crippen molar-refractivity contribution in [2.45, 2.75) is 39.5 Å². The Balaban J connectivity index is 2.14. The first kappa shape index (κ1) is 15.6. The van der Waals surface area contributed by atoms with Crippen molar-refractivity contribution in [2.75, 3.05) is 6.61 Å². The van der Waals surface area contributed by atoms with Crippen LogP contribution in [0.15, 0.2) is 42.7 Å². The topological polar surface area (TPSA) is 47.0 Å². The van der Waals surface area contributed by atoms with E-state index in [1.165, 1.54) is 0 Å². The van der Waals surface area contributed by atoms with Gasteiger partial charge in [-0.2, -0.15) is 0 Å². The minimum Gasteiger partial charge on any atom is -0.366 e. The van der Waals surface area contributed by atoms with Crippen molar-refractivity contribution in [2.24, 2.45) is 0 Å². The molecule has 0 aliphatic rings. The van der Waals surface area contributed by atoms with Gasteiger partial charge in [0.15, 0.2) is 5.82 Å². The summed E-state index contributed by atoms with van der Waals surface area (Å²) in [5.41, 5.74) is 2.16. The first-order valence-corrected chi connectivity index (χ1v) is 7.41. The van der Waals surface area contributed by atoms with E-state index in [1.54, 1.807) is 0 Å². The predicted octanol–water partition coefficient (Wildman–Crippen LogP) is 3.10. The minimum atomic E-state index is -0.205. The number of ether oxygens (including phenoxy) is 1. The molecule has 1 atom stereocenters. The maximum absolute atomic E-state index is 5.81. The molecule has 2 rings (SSSR count). The molecule has 4 nitrogen and oxygen atoms in total. The lowest BCUT2D eigenvalue weighted by Gasteiger charge is -2.16. The Kier molecular flexibility index (Phi) is 5.84. The van der Waals surface area contributed by atoms with Gasteiger partial charge in [0.05, 0.1) is 0 Å². The standard InChI is InChI=1S/C17H23N3O/c1-4-21-16(15-8-6-5-7-9-15)17-19-11-14(12-20-17)10-18-13(2)3/h5-9,11-13,16,18H,4,10H2,1-3H3. The van der Waals surface area contributed by atoms with Gasteiger partial charge in [-0.3, -0.25) is 0 Å². The third-order valence-electron chi connectivity index (χ3n) is 3.11. The molecule has 1 aromatic heterocycles. The summed E-state index contributed by atoms with van der Waals surface area (Å²) in [6.07, 6.45) is 3.53. The molecular weight excluding hydrogens is 262 g/mol. The Labute approximate surface area is 126 Å². The highest BCUT2D eigenvalue weighted by molar-refractivity contribution is 5.23. The molecule has 112 valence electrons. The second-order valence-corrected chi connectivity index (χ2v) is 5.23. The van der Waals surface area contributed by atoms with E-state index in [-0.39, 0.29) is 6.10 Å². The lowest BCUT2D eigenvalue weighted by Crippen LogP contribution is -2.22. The van der Waals surface area contributed by atoms with E-state index in [0.717, 1.165) is 17.7 Å². The van der Waals surface area contributed by atoms with E-state index in [2.05, 4.69) is 29.1 Å². The Bertz CT molecular complexity index is 525. The highest BCUT2D eigenvalue weighted by atomic mass is 16.5. The highest BCUT2D eigenvalue weighted by Gasteiger charge is 2.16. The molecule has 4 heteroatoms. The molecule has 1 N–H and O–H groups in total. The summed E-state index contributed by atoms with van der Waals surface area (Å²) in [7, 11) is 0. The summed E-state index contributed by atoms with van der Waals surface area (Å²) in [5, 5.41) is 3.36. The van der Waals surface area contributed by atoms with Crippen LogP contribution < -0.4 is 5.32 Å². The first-order valence-electron chi connectivity index (χ1n) is 7.41. The Morgan fingerprint density at radius 2 is 1.76 bits per heavy atom. The fourth-order valence-corrected chi connectivity index (χ4v) is 2.03. The van der Waals surface area contributed by atoms with Crippen LogP contribution in [0.2, 0.25) is 0 Å². The third-order valence-corrected chi connectivity index (χ3v) is 3.11. The molecule has 0 radical (unpaired) electrons. The first-order chi connectivity index (χ1) is 10.2. The molecule has 1 unspecified atom stereocenters. The molecule has 0 spiro atoms. The number of rotatable bonds is 7. The van der Waals surface area contributed by atoms with Gasteiger partial charge in [-0.15, -0.1) is 0 Å². The van der Waals surface area contributed by atoms with Crippen LogP contribution in [-0.4, -0.2) is 22.6 Å². The van der Waals surface area contributed by atoms with Crippen molar-refractivity contribution in [3.05, 3.63) is 59.7 Å². The van der Waals surface area contributed by atoms with Gasteiger partial charge in [0.2, 0.25) is 0 Å². The molecule has 0 amide bonds. The summed E-state index contributed by atoms with van der Waals surface area (Å²) >= 11 is 0. The Morgan fingerprint density at radius 1 is 1.10 bits per heavy atom. The van der Waals surface area contributed by atoms with Gasteiger partial charge in [-0.05, 0) is 12.5 Å². The molecule has 0 fully saturated rings. The van der Waals surface area contributed by atoms with Gasteiger partial charge in [0.25, 0.3) is 0 Å². The maximum atomic E-state index is 5.81. The zero-order chi connectivity index (χ0) is 15.1. The van der Waals surface area contributed by atoms with Gasteiger partial charge < -0.3 is 10.1 Å². The van der Waals surface area contributed by atoms with Crippen LogP contribution in [-0.2, 0) is 11.3 Å². The molecule has 0 saturated heterocycles. The molecule has 2 aromatic rings. The molecule has 1 heterocycles. The van der Waals surface area contributed by atoms with E-state index < -0.39 is 0 Å². The number of nitrogens with one attached hydrogen (secondary N) is 1. The van der Waals surface area contributed by atoms with Crippen molar-refractivity contribution in [1.82, 2.24) is 15.3 Å². The summed E-state index contributed by atoms with van der Waals surface area (Å²) in [6, 6.07) is 10.5. The molecule has 21 heavy (non-hydrogen) atoms. The average Bonchev–Trinajstić information content (AvgIpc) is 2.52. The van der Waals surface area contributed by atoms with Crippen molar-refractivity contribution in [3.63, 3.8) is 0 Å². The van der Waals surface area contributed by atoms with Crippen LogP contribution in [0.25, 0.3) is 0 Å². The maximum Gasteiger partial charge on any atom is 0.161 e. The van der Waals surface area contributed by atoms with E-state index in [9.17, 15) is 0 Å². The third kappa shape index (κ3) is 4.62. The van der Waals surface area contributed by atoms with E-state index in [0.29, 0.717) is 18.5 Å². The number of nitrogens with zero attached hydrogens (tertiary/aromatic N) is 2. The molecule has 0 saturated carbocycles. The van der Waals surface area contributed by atoms with E-state index >= 15 is 0 Å². The van der Waals surface area contributed by atoms with Gasteiger partial charge in [0, 0.05) is 37.2 Å². The van der Waals surface area contributed by atoms with E-state index in [1.807, 2.05) is 49.6 Å². The normalized spacial score (nSPS) is 12.6. The molecule has 0 aliphatic heterocycles. The van der Waals surface area contributed by atoms with Crippen LogP contribution in [0.5, 0.6) is 0 Å². The summed E-state index contributed by atoms with van der Waals surface area (Å²) < 4.78 is 5.81. The summed E-state index contributed by atoms with van der Waals surface area (Å²) in [5.74, 6) is 0.705. The van der Waals surface area contributed by atoms with Crippen LogP contribution in [0.4, 0.5) is 0 Å². The Morgan fingerprint density at radius 3 is 2.33 bits per heavy atom. The molecule has 1 aromatic carbocycles. The zero-order valence-electron chi connectivity index (χ0n) is 12.9. The lowest BCUT2D eigenvalue weighted by molar-refractivity contribution is 0.0850. The zero-order valence-corrected chi connectivity index (χ0v) is 12.9. The van der Waals surface area contributed by atoms with Crippen LogP contribution in [0, 0.1) is 0 Å². The number of aromatic nitrogens is 2. The van der Waals surface area contributed by atoms with Gasteiger partial charge in [-0.25, -0.2) is 9.97 Å². The number of hydrogen-bond donors (Lipinski definition) is 1. The largest absolute Gasteiger partial charge is 0.366 e. The van der Waals surface area contributed by atoms with Gasteiger partial charge in [-0.1, -0.05) is 44.2 Å². The second-order valence-electron chi connectivity index (χ2n) is 5.23. The minimum absolute atomic E-state index is 0.205. The number of hydrogen-bond acceptors (Lipinski definition) is 4. The average molecular weight is 285 g/mol. The SMILES string of the molecule is CCOC(c1ccccc1)c1ncc(CNC(C)C)cn1. The molecule has 0 aliphatic carbocycles. The summed E-state index contributed by atoms with van der Waals surface area (Å²) in [4.78, 5) is 8.95. The van der Waals surface area contributed by atoms with E-state index in [4.69, 9.17) is 4.74 Å². The monoisotopic (exact) mass is 285 g/mol. The fourth-order valence-electron chi connectivity index (χ4n) is 2.03. The van der Waals surface area contributed by atoms with Gasteiger partial charge >= 0.3 is 0 Å². The van der Waals surface area contributed by atoms with Crippen LogP contribution in [0.3, 0.4) is 0 Å². The Hall–Kier alpha value is -1.78. The van der Waals surface area contributed by atoms with Crippen molar-refractivity contribution < 1.29 is 4.74 Å². The van der Waals surface area contributed by atoms with Crippen molar-refractivity contribution in [3.8, 4) is 0 Å². The van der Waals surface area contributed by atoms with Crippen molar-refractivity contribution in [1.29, 1.82) is 0 Å². The quantitative estimate of drug-likeness (QED) is 0.849. The highest BCUT2D eigenvalue weighted by Crippen LogP contribution is 2.22. The predicted molar refractivity (Wildman–Crippen MR) is 83.9 cm³/mol. The smallest absolute Gasteiger partial charge is 0.161 e. The molecule has 0 bridgehead atoms.